The molecule has 2 N–H and O–H groups in total. The lowest BCUT2D eigenvalue weighted by molar-refractivity contribution is 0.0979. The first-order chi connectivity index (χ1) is 41.4. The Bertz CT molecular complexity index is 4540. The van der Waals surface area contributed by atoms with Crippen LogP contribution in [0.15, 0.2) is 146 Å². The summed E-state index contributed by atoms with van der Waals surface area (Å²) in [6.45, 7) is 25.2. The van der Waals surface area contributed by atoms with Crippen molar-refractivity contribution in [3.8, 4) is 0 Å². The molecule has 15 rings (SSSR count). The summed E-state index contributed by atoms with van der Waals surface area (Å²) in [4.78, 5) is 26.6. The number of carbonyl (C=O) groups excluding carboxylic acids is 2. The van der Waals surface area contributed by atoms with Crippen molar-refractivity contribution in [1.82, 2.24) is 0 Å². The molecular weight excluding hydrogens is 1150 g/mol. The molecule has 87 heavy (non-hydrogen) atoms. The third-order valence-corrected chi connectivity index (χ3v) is 19.6. The minimum Gasteiger partial charge on any atom is -0.384 e. The second-order valence-corrected chi connectivity index (χ2v) is 26.0. The molecule has 0 spiro atoms. The van der Waals surface area contributed by atoms with E-state index in [0.29, 0.717) is 22.3 Å². The molecule has 0 aromatic heterocycles. The van der Waals surface area contributed by atoms with Crippen molar-refractivity contribution in [3.63, 3.8) is 0 Å². The lowest BCUT2D eigenvalue weighted by Crippen LogP contribution is -2.21. The monoisotopic (exact) mass is 1220 g/mol. The highest BCUT2D eigenvalue weighted by atomic mass is 35.5. The van der Waals surface area contributed by atoms with Crippen molar-refractivity contribution in [3.05, 3.63) is 267 Å². The zero-order chi connectivity index (χ0) is 61.9. The Morgan fingerprint density at radius 2 is 0.402 bits per heavy atom. The van der Waals surface area contributed by atoms with Gasteiger partial charge < -0.3 is 10.2 Å². The topological polar surface area (TPSA) is 74.6 Å². The highest BCUT2D eigenvalue weighted by Gasteiger charge is 2.33. The molecule has 13 aromatic carbocycles. The minimum absolute atomic E-state index is 0.0649. The van der Waals surface area contributed by atoms with Gasteiger partial charge in [0.15, 0.2) is 11.6 Å². The maximum Gasteiger partial charge on any atom is 0.194 e. The van der Waals surface area contributed by atoms with Crippen LogP contribution in [-0.4, -0.2) is 27.1 Å². The van der Waals surface area contributed by atoms with Crippen molar-refractivity contribution in [2.75, 3.05) is 5.34 Å². The summed E-state index contributed by atoms with van der Waals surface area (Å²) in [5.41, 5.74) is 20.0. The Kier molecular flexibility index (Phi) is 15.7. The summed E-state index contributed by atoms with van der Waals surface area (Å²) in [5, 5.41) is 41.3. The summed E-state index contributed by atoms with van der Waals surface area (Å²) < 4.78 is 0. The van der Waals surface area contributed by atoms with Gasteiger partial charge in [-0.15, -0.1) is 23.2 Å². The molecule has 434 valence electrons. The number of halogens is 4. The first kappa shape index (κ1) is 59.7. The van der Waals surface area contributed by atoms with Crippen molar-refractivity contribution in [2.45, 2.75) is 95.3 Å². The Labute approximate surface area is 527 Å². The maximum absolute atomic E-state index is 13.3. The number of hydrogen-bond acceptors (Lipinski definition) is 4. The average molecular weight is 1220 g/mol. The summed E-state index contributed by atoms with van der Waals surface area (Å²) >= 11 is 23.4. The van der Waals surface area contributed by atoms with Crippen LogP contribution in [0.25, 0.3) is 86.2 Å². The van der Waals surface area contributed by atoms with E-state index in [9.17, 15) is 19.8 Å². The summed E-state index contributed by atoms with van der Waals surface area (Å²) in [5.74, 6) is -0.130. The SMILES string of the molecule is Cc1cc2cc3c(Cl)c4cc5cc(C)c(C)cc5cc4c(Cl)c3cc2cc1C.Cc1cc2cc3c(cc2cc1C)C(=O)c1cc2cc(C)c(C)cc2cc1C3=O.Cc1cc2cc3c(cc2cc1C)C(O)c1cc2cc(C)c(C)cc2cc1C3O.ClCCl. The number of alkyl halides is 2. The Morgan fingerprint density at radius 3 is 0.563 bits per heavy atom. The van der Waals surface area contributed by atoms with E-state index >= 15 is 0 Å². The number of aliphatic hydroxyl groups is 2. The van der Waals surface area contributed by atoms with Crippen molar-refractivity contribution >= 4 is 144 Å². The molecule has 13 aromatic rings. The Hall–Kier alpha value is -7.64. The molecule has 0 atom stereocenters. The molecule has 0 amide bonds. The third kappa shape index (κ3) is 10.5. The maximum atomic E-state index is 13.3. The van der Waals surface area contributed by atoms with Crippen molar-refractivity contribution < 1.29 is 19.8 Å². The largest absolute Gasteiger partial charge is 0.384 e. The van der Waals surface area contributed by atoms with Crippen molar-refractivity contribution in [1.29, 1.82) is 0 Å². The molecule has 0 radical (unpaired) electrons. The normalized spacial score (nSPS) is 14.2. The van der Waals surface area contributed by atoms with E-state index < -0.39 is 12.2 Å². The quantitative estimate of drug-likeness (QED) is 0.117. The van der Waals surface area contributed by atoms with Gasteiger partial charge in [0.1, 0.15) is 12.2 Å². The standard InChI is InChI=1S/C26H20Cl2.C26H24O2.C26H20O2.CH2Cl2/c3*1-13-5-17-9-21-22(10-18(17)6-14(13)2)26(28)24-12-20-8-16(4)15(3)7-19(20)11-23(24)25(21)27;2-1-3/h5-12H,1-4H3;5-12,25-28H,1-4H3;5-12H,1-4H3;1H2. The molecule has 4 nitrogen and oxygen atoms in total. The second-order valence-electron chi connectivity index (χ2n) is 24.4. The Morgan fingerprint density at radius 1 is 0.264 bits per heavy atom. The van der Waals surface area contributed by atoms with Crippen LogP contribution in [0.3, 0.4) is 0 Å². The smallest absolute Gasteiger partial charge is 0.194 e. The molecule has 2 aliphatic carbocycles. The van der Waals surface area contributed by atoms with Gasteiger partial charge in [-0.1, -0.05) is 96.0 Å². The molecule has 2 aliphatic rings. The molecule has 0 bridgehead atoms. The fraction of sp³-hybridized carbons (Fsp3) is 0.190. The first-order valence-corrected chi connectivity index (χ1v) is 31.2. The lowest BCUT2D eigenvalue weighted by Gasteiger charge is -2.30. The van der Waals surface area contributed by atoms with Crippen LogP contribution in [0.1, 0.15) is 133 Å². The van der Waals surface area contributed by atoms with E-state index in [1.165, 1.54) is 88.3 Å². The fourth-order valence-electron chi connectivity index (χ4n) is 12.9. The third-order valence-electron chi connectivity index (χ3n) is 18.8. The van der Waals surface area contributed by atoms with Gasteiger partial charge in [-0.25, -0.2) is 0 Å². The van der Waals surface area contributed by atoms with E-state index in [-0.39, 0.29) is 16.9 Å². The van der Waals surface area contributed by atoms with Crippen LogP contribution in [-0.2, 0) is 0 Å². The second kappa shape index (κ2) is 22.8. The van der Waals surface area contributed by atoms with Crippen LogP contribution < -0.4 is 0 Å². The fourth-order valence-corrected chi connectivity index (χ4v) is 13.5. The van der Waals surface area contributed by atoms with E-state index in [1.807, 2.05) is 48.5 Å². The number of aliphatic hydroxyl groups excluding tert-OH is 2. The van der Waals surface area contributed by atoms with Gasteiger partial charge in [-0.2, -0.15) is 0 Å². The molecule has 0 aliphatic heterocycles. The number of ketones is 2. The number of fused-ring (bicyclic) bond motifs is 12. The van der Waals surface area contributed by atoms with Gasteiger partial charge in [0.25, 0.3) is 0 Å². The van der Waals surface area contributed by atoms with Gasteiger partial charge in [0, 0.05) is 43.8 Å². The van der Waals surface area contributed by atoms with E-state index in [2.05, 4.69) is 180 Å². The Balaban J connectivity index is 0.000000124. The number of benzene rings is 13. The molecule has 0 saturated heterocycles. The van der Waals surface area contributed by atoms with Crippen LogP contribution in [0.5, 0.6) is 0 Å². The predicted octanol–water partition coefficient (Wildman–Crippen LogP) is 22.0. The highest BCUT2D eigenvalue weighted by Crippen LogP contribution is 2.46. The van der Waals surface area contributed by atoms with Crippen LogP contribution in [0.2, 0.25) is 10.0 Å². The summed E-state index contributed by atoms with van der Waals surface area (Å²) in [7, 11) is 0. The summed E-state index contributed by atoms with van der Waals surface area (Å²) in [6, 6.07) is 50.3. The van der Waals surface area contributed by atoms with Crippen LogP contribution in [0.4, 0.5) is 0 Å². The number of hydrogen-bond donors (Lipinski definition) is 2. The van der Waals surface area contributed by atoms with Crippen LogP contribution in [0, 0.1) is 83.1 Å². The number of aryl methyl sites for hydroxylation is 12. The van der Waals surface area contributed by atoms with E-state index in [4.69, 9.17) is 46.4 Å². The van der Waals surface area contributed by atoms with Crippen LogP contribution >= 0.6 is 46.4 Å². The molecule has 0 unspecified atom stereocenters. The molecule has 0 saturated carbocycles. The van der Waals surface area contributed by atoms with Crippen molar-refractivity contribution in [2.24, 2.45) is 0 Å². The lowest BCUT2D eigenvalue weighted by atomic mass is 9.79. The van der Waals surface area contributed by atoms with Gasteiger partial charge in [0.2, 0.25) is 0 Å². The predicted molar refractivity (Wildman–Crippen MR) is 371 cm³/mol. The average Bonchev–Trinajstić information content (AvgIpc) is 1.06. The minimum atomic E-state index is -0.731. The van der Waals surface area contributed by atoms with Gasteiger partial charge in [-0.05, 0) is 310 Å². The number of rotatable bonds is 0. The zero-order valence-corrected chi connectivity index (χ0v) is 54.0. The molecule has 0 fully saturated rings. The molecular formula is C79H66Cl4O4. The van der Waals surface area contributed by atoms with E-state index in [1.54, 1.807) is 0 Å². The van der Waals surface area contributed by atoms with Gasteiger partial charge in [0.05, 0.1) is 15.4 Å². The molecule has 8 heteroatoms. The number of carbonyl (C=O) groups is 2. The first-order valence-electron chi connectivity index (χ1n) is 29.3. The van der Waals surface area contributed by atoms with E-state index in [0.717, 1.165) is 96.9 Å². The van der Waals surface area contributed by atoms with Gasteiger partial charge in [-0.3, -0.25) is 9.59 Å². The highest BCUT2D eigenvalue weighted by molar-refractivity contribution is 6.48. The summed E-state index contributed by atoms with van der Waals surface area (Å²) in [6.07, 6.45) is -1.46. The molecule has 0 heterocycles. The zero-order valence-electron chi connectivity index (χ0n) is 50.9. The van der Waals surface area contributed by atoms with Gasteiger partial charge >= 0.3 is 0 Å².